The molecule has 198 valence electrons. The maximum atomic E-state index is 12.7. The van der Waals surface area contributed by atoms with Gasteiger partial charge in [0.15, 0.2) is 0 Å². The van der Waals surface area contributed by atoms with Gasteiger partial charge in [-0.15, -0.1) is 0 Å². The van der Waals surface area contributed by atoms with E-state index in [2.05, 4.69) is 30.0 Å². The van der Waals surface area contributed by atoms with Gasteiger partial charge in [0.25, 0.3) is 0 Å². The number of hydrogen-bond acceptors (Lipinski definition) is 8. The van der Waals surface area contributed by atoms with Crippen LogP contribution in [0.3, 0.4) is 0 Å². The molecule has 2 aromatic carbocycles. The third-order valence-corrected chi connectivity index (χ3v) is 9.45. The Morgan fingerprint density at radius 3 is 2.24 bits per heavy atom. The highest BCUT2D eigenvalue weighted by molar-refractivity contribution is 7.90. The number of aromatic nitrogens is 2. The van der Waals surface area contributed by atoms with E-state index in [-0.39, 0.29) is 22.7 Å². The summed E-state index contributed by atoms with van der Waals surface area (Å²) < 4.78 is 54.7. The second-order valence-corrected chi connectivity index (χ2v) is 13.2. The van der Waals surface area contributed by atoms with Crippen molar-refractivity contribution >= 4 is 43.2 Å². The van der Waals surface area contributed by atoms with E-state index in [1.54, 1.807) is 45.2 Å². The lowest BCUT2D eigenvalue weighted by atomic mass is 10.2. The number of nitrogens with one attached hydrogen (secondary N) is 4. The van der Waals surface area contributed by atoms with Gasteiger partial charge >= 0.3 is 0 Å². The zero-order valence-electron chi connectivity index (χ0n) is 21.2. The van der Waals surface area contributed by atoms with Crippen LogP contribution in [-0.2, 0) is 26.6 Å². The number of nitrogens with zero attached hydrogens (tertiary/aromatic N) is 2. The third-order valence-electron chi connectivity index (χ3n) is 5.75. The molecule has 0 spiro atoms. The van der Waals surface area contributed by atoms with Crippen LogP contribution in [-0.4, -0.2) is 38.1 Å². The van der Waals surface area contributed by atoms with Gasteiger partial charge in [-0.1, -0.05) is 18.2 Å². The molecule has 0 saturated heterocycles. The Morgan fingerprint density at radius 1 is 0.919 bits per heavy atom. The lowest BCUT2D eigenvalue weighted by Gasteiger charge is -2.14. The molecule has 1 fully saturated rings. The van der Waals surface area contributed by atoms with Gasteiger partial charge in [-0.2, -0.15) is 4.98 Å². The van der Waals surface area contributed by atoms with Crippen molar-refractivity contribution in [2.75, 3.05) is 10.6 Å². The van der Waals surface area contributed by atoms with Crippen molar-refractivity contribution in [1.82, 2.24) is 19.4 Å². The molecule has 37 heavy (non-hydrogen) atoms. The van der Waals surface area contributed by atoms with Crippen molar-refractivity contribution in [3.63, 3.8) is 0 Å². The normalized spacial score (nSPS) is 14.1. The van der Waals surface area contributed by atoms with Gasteiger partial charge in [0.05, 0.1) is 10.1 Å². The van der Waals surface area contributed by atoms with Gasteiger partial charge in [-0.3, -0.25) is 0 Å². The molecule has 10 nitrogen and oxygen atoms in total. The zero-order chi connectivity index (χ0) is 26.8. The van der Waals surface area contributed by atoms with E-state index in [0.717, 1.165) is 29.7 Å². The Bertz CT molecular complexity index is 1490. The van der Waals surface area contributed by atoms with Crippen LogP contribution in [0.25, 0.3) is 0 Å². The summed E-state index contributed by atoms with van der Waals surface area (Å²) in [5.41, 5.74) is 3.64. The van der Waals surface area contributed by atoms with Crippen molar-refractivity contribution < 1.29 is 16.8 Å². The Hall–Kier alpha value is -3.06. The monoisotopic (exact) mass is 544 g/mol. The van der Waals surface area contributed by atoms with E-state index in [9.17, 15) is 16.8 Å². The summed E-state index contributed by atoms with van der Waals surface area (Å²) in [6.45, 7) is 7.42. The van der Waals surface area contributed by atoms with Crippen LogP contribution in [0.1, 0.15) is 43.4 Å². The first-order valence-electron chi connectivity index (χ1n) is 12.0. The lowest BCUT2D eigenvalue weighted by molar-refractivity contribution is 0.569. The highest BCUT2D eigenvalue weighted by Gasteiger charge is 2.35. The van der Waals surface area contributed by atoms with Crippen LogP contribution in [0.2, 0.25) is 0 Å². The molecule has 1 aromatic heterocycles. The molecule has 0 unspecified atom stereocenters. The Morgan fingerprint density at radius 2 is 1.59 bits per heavy atom. The topological polar surface area (TPSA) is 142 Å². The first-order valence-corrected chi connectivity index (χ1v) is 15.0. The zero-order valence-corrected chi connectivity index (χ0v) is 22.9. The minimum Gasteiger partial charge on any atom is -0.340 e. The highest BCUT2D eigenvalue weighted by atomic mass is 32.2. The largest absolute Gasteiger partial charge is 0.340 e. The van der Waals surface area contributed by atoms with E-state index in [4.69, 9.17) is 0 Å². The fraction of sp³-hybridized carbons (Fsp3) is 0.360. The van der Waals surface area contributed by atoms with Gasteiger partial charge in [0, 0.05) is 35.7 Å². The maximum absolute atomic E-state index is 12.7. The van der Waals surface area contributed by atoms with Crippen molar-refractivity contribution in [2.24, 2.45) is 0 Å². The summed E-state index contributed by atoms with van der Waals surface area (Å²) in [5, 5.41) is 6.10. The van der Waals surface area contributed by atoms with E-state index >= 15 is 0 Å². The first kappa shape index (κ1) is 27.0. The second kappa shape index (κ2) is 10.7. The Labute approximate surface area is 218 Å². The predicted molar refractivity (Wildman–Crippen MR) is 145 cm³/mol. The van der Waals surface area contributed by atoms with E-state index in [1.165, 1.54) is 0 Å². The fourth-order valence-electron chi connectivity index (χ4n) is 3.62. The van der Waals surface area contributed by atoms with Gasteiger partial charge in [-0.25, -0.2) is 31.3 Å². The number of benzene rings is 2. The maximum Gasteiger partial charge on any atom is 0.241 e. The molecule has 1 aliphatic rings. The lowest BCUT2D eigenvalue weighted by Crippen LogP contribution is -2.30. The highest BCUT2D eigenvalue weighted by Crippen LogP contribution is 2.28. The van der Waals surface area contributed by atoms with Crippen LogP contribution in [0.4, 0.5) is 23.1 Å². The summed E-state index contributed by atoms with van der Waals surface area (Å²) in [4.78, 5) is 9.07. The van der Waals surface area contributed by atoms with Gasteiger partial charge in [0.2, 0.25) is 26.0 Å². The van der Waals surface area contributed by atoms with Crippen molar-refractivity contribution in [3.05, 3.63) is 65.4 Å². The molecule has 0 amide bonds. The van der Waals surface area contributed by atoms with Gasteiger partial charge < -0.3 is 10.6 Å². The molecule has 0 aliphatic heterocycles. The van der Waals surface area contributed by atoms with Crippen LogP contribution in [0.15, 0.2) is 53.6 Å². The summed E-state index contributed by atoms with van der Waals surface area (Å²) >= 11 is 0. The van der Waals surface area contributed by atoms with Crippen LogP contribution in [0.5, 0.6) is 0 Å². The molecule has 0 bridgehead atoms. The average molecular weight is 545 g/mol. The minimum absolute atomic E-state index is 0.191. The molecule has 1 aliphatic carbocycles. The standard InChI is InChI=1S/C25H32N6O4S2/c1-16(2)31-37(34,35)23-13-21(8-5-17(23)3)29-25-26-14-18(4)24(30-25)28-20-9-6-19(7-10-20)15-27-36(32,33)22-11-12-22/h5-10,13-14,16,22,27,31H,11-12,15H2,1-4H3,(H2,26,28,29,30). The number of hydrogen-bond donors (Lipinski definition) is 4. The minimum atomic E-state index is -3.66. The van der Waals surface area contributed by atoms with Crippen molar-refractivity contribution in [3.8, 4) is 0 Å². The summed E-state index contributed by atoms with van der Waals surface area (Å²) in [7, 11) is -6.88. The fourth-order valence-corrected chi connectivity index (χ4v) is 6.50. The van der Waals surface area contributed by atoms with Crippen LogP contribution < -0.4 is 20.1 Å². The number of anilines is 4. The third kappa shape index (κ3) is 7.04. The molecule has 0 atom stereocenters. The summed E-state index contributed by atoms with van der Waals surface area (Å²) in [6.07, 6.45) is 3.13. The molecule has 4 rings (SSSR count). The van der Waals surface area contributed by atoms with Crippen LogP contribution >= 0.6 is 0 Å². The SMILES string of the molecule is Cc1ccc(Nc2ncc(C)c(Nc3ccc(CNS(=O)(=O)C4CC4)cc3)n2)cc1S(=O)(=O)NC(C)C. The molecule has 0 radical (unpaired) electrons. The number of rotatable bonds is 11. The molecule has 12 heteroatoms. The summed E-state index contributed by atoms with van der Waals surface area (Å²) in [6, 6.07) is 12.3. The molecule has 1 heterocycles. The molecular formula is C25H32N6O4S2. The first-order chi connectivity index (χ1) is 17.4. The predicted octanol–water partition coefficient (Wildman–Crippen LogP) is 3.85. The number of sulfonamides is 2. The second-order valence-electron chi connectivity index (χ2n) is 9.49. The van der Waals surface area contributed by atoms with Gasteiger partial charge in [0.1, 0.15) is 5.82 Å². The molecule has 1 saturated carbocycles. The number of aryl methyl sites for hydroxylation is 2. The van der Waals surface area contributed by atoms with Crippen molar-refractivity contribution in [1.29, 1.82) is 0 Å². The van der Waals surface area contributed by atoms with Crippen LogP contribution in [0, 0.1) is 13.8 Å². The summed E-state index contributed by atoms with van der Waals surface area (Å²) in [5.74, 6) is 0.893. The van der Waals surface area contributed by atoms with E-state index in [0.29, 0.717) is 23.0 Å². The quantitative estimate of drug-likeness (QED) is 0.285. The smallest absolute Gasteiger partial charge is 0.241 e. The Kier molecular flexibility index (Phi) is 7.83. The van der Waals surface area contributed by atoms with Crippen molar-refractivity contribution in [2.45, 2.75) is 63.3 Å². The molecular weight excluding hydrogens is 512 g/mol. The van der Waals surface area contributed by atoms with E-state index < -0.39 is 20.0 Å². The van der Waals surface area contributed by atoms with Gasteiger partial charge in [-0.05, 0) is 75.9 Å². The average Bonchev–Trinajstić information content (AvgIpc) is 3.68. The van der Waals surface area contributed by atoms with E-state index in [1.807, 2.05) is 31.2 Å². The molecule has 3 aromatic rings. The Balaban J connectivity index is 1.46. The molecule has 4 N–H and O–H groups in total.